The van der Waals surface area contributed by atoms with Crippen LogP contribution in [0.2, 0.25) is 0 Å². The monoisotopic (exact) mass is 800 g/mol. The Morgan fingerprint density at radius 1 is 0.537 bits per heavy atom. The van der Waals surface area contributed by atoms with Crippen molar-refractivity contribution >= 4 is 20.0 Å². The molecule has 286 valence electrons. The molecule has 54 heavy (non-hydrogen) atoms. The molecular weight excluding hydrogens is 773 g/mol. The van der Waals surface area contributed by atoms with Crippen molar-refractivity contribution < 1.29 is 66.0 Å². The summed E-state index contributed by atoms with van der Waals surface area (Å²) in [6, 6.07) is 9.89. The smallest absolute Gasteiger partial charge is 0.269 e. The predicted molar refractivity (Wildman–Crippen MR) is 182 cm³/mol. The van der Waals surface area contributed by atoms with Crippen LogP contribution >= 0.6 is 0 Å². The maximum Gasteiger partial charge on any atom is 0.269 e. The van der Waals surface area contributed by atoms with Crippen LogP contribution in [0.4, 0.5) is 35.1 Å². The SMILES string of the molecule is Cc1cc(-c2cc(C)c(Oc3c(F)c(F)c(-c4c(F)c(F)c(C)c(F)c4F)c(F)c3F)c(C)c2)cc(C)c1Oc1ccc(S(C)(=O)=O)cc1CS(=O)(=O)O. The summed E-state index contributed by atoms with van der Waals surface area (Å²) in [5, 5.41) is 0. The average Bonchev–Trinajstić information content (AvgIpc) is 3.07. The molecule has 0 aromatic heterocycles. The minimum absolute atomic E-state index is 0.0407. The largest absolute Gasteiger partial charge is 0.456 e. The second-order valence-electron chi connectivity index (χ2n) is 12.6. The third kappa shape index (κ3) is 7.52. The molecule has 0 bridgehead atoms. The Balaban J connectivity index is 1.51. The van der Waals surface area contributed by atoms with Gasteiger partial charge in [-0.05, 0) is 110 Å². The van der Waals surface area contributed by atoms with E-state index in [0.717, 1.165) is 12.3 Å². The first-order valence-corrected chi connectivity index (χ1v) is 19.0. The number of benzene rings is 5. The first-order chi connectivity index (χ1) is 24.9. The number of hydrogen-bond donors (Lipinski definition) is 1. The Labute approximate surface area is 304 Å². The van der Waals surface area contributed by atoms with Crippen LogP contribution in [0.5, 0.6) is 23.0 Å². The second kappa shape index (κ2) is 14.3. The van der Waals surface area contributed by atoms with Crippen molar-refractivity contribution in [2.75, 3.05) is 6.26 Å². The van der Waals surface area contributed by atoms with E-state index in [2.05, 4.69) is 0 Å². The van der Waals surface area contributed by atoms with Gasteiger partial charge in [-0.2, -0.15) is 17.2 Å². The predicted octanol–water partition coefficient (Wildman–Crippen LogP) is 10.1. The minimum Gasteiger partial charge on any atom is -0.456 e. The summed E-state index contributed by atoms with van der Waals surface area (Å²) in [7, 11) is -8.33. The Bertz CT molecular complexity index is 2520. The molecule has 17 heteroatoms. The first-order valence-electron chi connectivity index (χ1n) is 15.5. The molecule has 0 unspecified atom stereocenters. The zero-order valence-electron chi connectivity index (χ0n) is 29.0. The molecule has 5 aromatic rings. The van der Waals surface area contributed by atoms with Gasteiger partial charge in [0, 0.05) is 17.4 Å². The lowest BCUT2D eigenvalue weighted by atomic mass is 9.96. The molecule has 0 fully saturated rings. The van der Waals surface area contributed by atoms with Gasteiger partial charge in [-0.3, -0.25) is 4.55 Å². The van der Waals surface area contributed by atoms with E-state index in [1.54, 1.807) is 26.0 Å². The van der Waals surface area contributed by atoms with Crippen molar-refractivity contribution in [2.24, 2.45) is 0 Å². The third-order valence-electron chi connectivity index (χ3n) is 8.42. The molecule has 0 spiro atoms. The van der Waals surface area contributed by atoms with E-state index in [4.69, 9.17) is 9.47 Å². The number of halogens is 8. The average molecular weight is 801 g/mol. The lowest BCUT2D eigenvalue weighted by molar-refractivity contribution is 0.364. The molecule has 0 radical (unpaired) electrons. The molecule has 7 nitrogen and oxygen atoms in total. The molecule has 0 saturated heterocycles. The minimum atomic E-state index is -4.60. The van der Waals surface area contributed by atoms with Crippen LogP contribution in [-0.4, -0.2) is 27.6 Å². The molecule has 0 amide bonds. The molecule has 0 heterocycles. The van der Waals surface area contributed by atoms with Gasteiger partial charge in [0.05, 0.1) is 16.0 Å². The van der Waals surface area contributed by atoms with E-state index in [9.17, 15) is 39.0 Å². The van der Waals surface area contributed by atoms with Gasteiger partial charge in [0.15, 0.2) is 44.7 Å². The fourth-order valence-electron chi connectivity index (χ4n) is 5.84. The van der Waals surface area contributed by atoms with Gasteiger partial charge < -0.3 is 9.47 Å². The van der Waals surface area contributed by atoms with Crippen LogP contribution in [0.1, 0.15) is 33.4 Å². The third-order valence-corrected chi connectivity index (χ3v) is 10.2. The summed E-state index contributed by atoms with van der Waals surface area (Å²) >= 11 is 0. The first kappa shape index (κ1) is 40.2. The van der Waals surface area contributed by atoms with E-state index in [-0.39, 0.29) is 38.8 Å². The molecule has 0 aliphatic heterocycles. The maximum atomic E-state index is 15.3. The van der Waals surface area contributed by atoms with Crippen LogP contribution < -0.4 is 9.47 Å². The van der Waals surface area contributed by atoms with E-state index in [0.29, 0.717) is 29.2 Å². The van der Waals surface area contributed by atoms with Gasteiger partial charge in [-0.15, -0.1) is 0 Å². The van der Waals surface area contributed by atoms with Crippen LogP contribution in [0.15, 0.2) is 47.4 Å². The quantitative estimate of drug-likeness (QED) is 0.0899. The zero-order chi connectivity index (χ0) is 40.4. The van der Waals surface area contributed by atoms with Crippen molar-refractivity contribution in [1.82, 2.24) is 0 Å². The van der Waals surface area contributed by atoms with Gasteiger partial charge in [-0.25, -0.2) is 34.8 Å². The molecule has 5 rings (SSSR count). The van der Waals surface area contributed by atoms with Gasteiger partial charge in [-0.1, -0.05) is 0 Å². The molecule has 5 aromatic carbocycles. The van der Waals surface area contributed by atoms with E-state index >= 15 is 17.6 Å². The standard InChI is InChI=1S/C37H28F8O7S2/c1-15-9-20(10-16(2)35(15)51-24-8-7-23(53(6,46)47)13-22(24)14-54(48,49)50)21-11-17(3)36(18(4)12-21)52-37-33(44)31(42)26(32(43)34(37)45)25-29(40)27(38)19(5)28(39)30(25)41/h7-13H,14H2,1-6H3,(H,48,49,50). The highest BCUT2D eigenvalue weighted by molar-refractivity contribution is 7.90. The van der Waals surface area contributed by atoms with Gasteiger partial charge in [0.25, 0.3) is 10.1 Å². The Morgan fingerprint density at radius 3 is 1.31 bits per heavy atom. The Morgan fingerprint density at radius 2 is 0.926 bits per heavy atom. The van der Waals surface area contributed by atoms with Crippen LogP contribution in [0, 0.1) is 81.2 Å². The number of aryl methyl sites for hydroxylation is 4. The van der Waals surface area contributed by atoms with Crippen LogP contribution in [-0.2, 0) is 25.7 Å². The Hall–Kier alpha value is -5.00. The number of sulfone groups is 1. The fraction of sp³-hybridized carbons (Fsp3) is 0.189. The summed E-state index contributed by atoms with van der Waals surface area (Å²) in [4.78, 5) is -0.199. The Kier molecular flexibility index (Phi) is 10.7. The number of ether oxygens (including phenoxy) is 2. The highest BCUT2D eigenvalue weighted by Gasteiger charge is 2.34. The van der Waals surface area contributed by atoms with Crippen molar-refractivity contribution in [1.29, 1.82) is 0 Å². The lowest BCUT2D eigenvalue weighted by Crippen LogP contribution is -2.09. The normalized spacial score (nSPS) is 12.0. The summed E-state index contributed by atoms with van der Waals surface area (Å²) in [6.07, 6.45) is 0.927. The zero-order valence-corrected chi connectivity index (χ0v) is 30.6. The molecular formula is C37H28F8O7S2. The van der Waals surface area contributed by atoms with Gasteiger partial charge in [0.2, 0.25) is 17.4 Å². The fourth-order valence-corrected chi connectivity index (χ4v) is 7.13. The topological polar surface area (TPSA) is 107 Å². The van der Waals surface area contributed by atoms with E-state index < -0.39 is 94.7 Å². The molecule has 0 atom stereocenters. The summed E-state index contributed by atoms with van der Waals surface area (Å²) in [6.45, 7) is 6.85. The van der Waals surface area contributed by atoms with E-state index in [1.807, 2.05) is 0 Å². The number of hydrogen-bond acceptors (Lipinski definition) is 6. The molecule has 0 saturated carbocycles. The van der Waals surface area contributed by atoms with Crippen LogP contribution in [0.3, 0.4) is 0 Å². The summed E-state index contributed by atoms with van der Waals surface area (Å²) < 4.78 is 187. The second-order valence-corrected chi connectivity index (χ2v) is 16.0. The lowest BCUT2D eigenvalue weighted by Gasteiger charge is -2.19. The van der Waals surface area contributed by atoms with Crippen molar-refractivity contribution in [3.8, 4) is 45.3 Å². The van der Waals surface area contributed by atoms with Gasteiger partial charge >= 0.3 is 0 Å². The van der Waals surface area contributed by atoms with Crippen molar-refractivity contribution in [2.45, 2.75) is 45.3 Å². The highest BCUT2D eigenvalue weighted by atomic mass is 32.2. The molecule has 0 aliphatic carbocycles. The highest BCUT2D eigenvalue weighted by Crippen LogP contribution is 2.43. The summed E-state index contributed by atoms with van der Waals surface area (Å²) in [5.74, 6) is -20.4. The maximum absolute atomic E-state index is 15.3. The molecule has 0 aliphatic rings. The molecule has 1 N–H and O–H groups in total. The van der Waals surface area contributed by atoms with Crippen molar-refractivity contribution in [3.05, 3.63) is 122 Å². The summed E-state index contributed by atoms with van der Waals surface area (Å²) in [5.41, 5.74) is -2.78. The number of rotatable bonds is 9. The van der Waals surface area contributed by atoms with E-state index in [1.165, 1.54) is 38.1 Å². The van der Waals surface area contributed by atoms with Gasteiger partial charge in [0.1, 0.15) is 23.0 Å². The van der Waals surface area contributed by atoms with Crippen LogP contribution in [0.25, 0.3) is 22.3 Å². The van der Waals surface area contributed by atoms with Crippen molar-refractivity contribution in [3.63, 3.8) is 0 Å².